The Kier molecular flexibility index (Phi) is 5.33. The summed E-state index contributed by atoms with van der Waals surface area (Å²) in [5.74, 6) is -2.08. The van der Waals surface area contributed by atoms with E-state index in [1.54, 1.807) is 0 Å². The Hall–Kier alpha value is -2.07. The Bertz CT molecular complexity index is 660. The predicted octanol–water partition coefficient (Wildman–Crippen LogP) is 0.355. The lowest BCUT2D eigenvalue weighted by Gasteiger charge is -2.11. The number of nitrogens with one attached hydrogen (secondary N) is 1. The maximum absolute atomic E-state index is 13.1. The van der Waals surface area contributed by atoms with E-state index in [0.29, 0.717) is 0 Å². The SMILES string of the molecule is CN(C)S(=O)(=O)CCNC(=O)c1ccc(F)c([N+](=O)[O-])c1. The first-order valence-electron chi connectivity index (χ1n) is 5.77. The molecule has 10 heteroatoms. The number of nitro groups is 1. The minimum absolute atomic E-state index is 0.120. The van der Waals surface area contributed by atoms with Crippen LogP contribution in [-0.4, -0.2) is 49.9 Å². The Morgan fingerprint density at radius 2 is 2.05 bits per heavy atom. The highest BCUT2D eigenvalue weighted by Gasteiger charge is 2.18. The summed E-state index contributed by atoms with van der Waals surface area (Å²) in [4.78, 5) is 21.3. The molecule has 0 unspecified atom stereocenters. The van der Waals surface area contributed by atoms with Gasteiger partial charge in [0.1, 0.15) is 0 Å². The summed E-state index contributed by atoms with van der Waals surface area (Å²) in [5.41, 5.74) is -0.936. The molecule has 1 aromatic carbocycles. The average Bonchev–Trinajstić information content (AvgIpc) is 2.38. The number of carbonyl (C=O) groups is 1. The lowest BCUT2D eigenvalue weighted by molar-refractivity contribution is -0.387. The van der Waals surface area contributed by atoms with Crippen LogP contribution in [0.15, 0.2) is 18.2 Å². The maximum atomic E-state index is 13.1. The summed E-state index contributed by atoms with van der Waals surface area (Å²) >= 11 is 0. The number of rotatable bonds is 6. The molecule has 0 bridgehead atoms. The van der Waals surface area contributed by atoms with Crippen molar-refractivity contribution in [1.29, 1.82) is 0 Å². The van der Waals surface area contributed by atoms with Gasteiger partial charge in [0.2, 0.25) is 15.8 Å². The molecule has 0 aliphatic heterocycles. The van der Waals surface area contributed by atoms with E-state index in [1.165, 1.54) is 14.1 Å². The Balaban J connectivity index is 2.73. The second kappa shape index (κ2) is 6.59. The quantitative estimate of drug-likeness (QED) is 0.601. The molecule has 1 rings (SSSR count). The predicted molar refractivity (Wildman–Crippen MR) is 72.9 cm³/mol. The molecule has 1 amide bonds. The number of sulfonamides is 1. The van der Waals surface area contributed by atoms with Gasteiger partial charge in [-0.3, -0.25) is 14.9 Å². The molecule has 0 fully saturated rings. The molecule has 0 atom stereocenters. The third kappa shape index (κ3) is 4.46. The van der Waals surface area contributed by atoms with Crippen LogP contribution < -0.4 is 5.32 Å². The van der Waals surface area contributed by atoms with Crippen molar-refractivity contribution in [2.24, 2.45) is 0 Å². The molecule has 8 nitrogen and oxygen atoms in total. The van der Waals surface area contributed by atoms with E-state index < -0.39 is 32.4 Å². The Labute approximate surface area is 120 Å². The lowest BCUT2D eigenvalue weighted by atomic mass is 10.2. The fraction of sp³-hybridized carbons (Fsp3) is 0.364. The van der Waals surface area contributed by atoms with Gasteiger partial charge < -0.3 is 5.32 Å². The van der Waals surface area contributed by atoms with Crippen molar-refractivity contribution in [3.63, 3.8) is 0 Å². The van der Waals surface area contributed by atoms with Crippen LogP contribution in [0.3, 0.4) is 0 Å². The molecular weight excluding hydrogens is 305 g/mol. The standard InChI is InChI=1S/C11H14FN3O5S/c1-14(2)21(19,20)6-5-13-11(16)8-3-4-9(12)10(7-8)15(17)18/h3-4,7H,5-6H2,1-2H3,(H,13,16). The third-order valence-electron chi connectivity index (χ3n) is 2.61. The summed E-state index contributed by atoms with van der Waals surface area (Å²) in [7, 11) is -0.731. The average molecular weight is 319 g/mol. The topological polar surface area (TPSA) is 110 Å². The molecule has 0 saturated heterocycles. The highest BCUT2D eigenvalue weighted by molar-refractivity contribution is 7.89. The van der Waals surface area contributed by atoms with Crippen LogP contribution in [0, 0.1) is 15.9 Å². The van der Waals surface area contributed by atoms with Gasteiger partial charge in [-0.1, -0.05) is 0 Å². The molecule has 0 aliphatic rings. The Morgan fingerprint density at radius 3 is 2.57 bits per heavy atom. The molecular formula is C11H14FN3O5S. The summed E-state index contributed by atoms with van der Waals surface area (Å²) in [6.45, 7) is -0.162. The van der Waals surface area contributed by atoms with Crippen molar-refractivity contribution in [3.8, 4) is 0 Å². The second-order valence-electron chi connectivity index (χ2n) is 4.28. The van der Waals surface area contributed by atoms with Crippen LogP contribution in [0.2, 0.25) is 0 Å². The molecule has 0 heterocycles. The van der Waals surface area contributed by atoms with Gasteiger partial charge >= 0.3 is 5.69 Å². The number of hydrogen-bond donors (Lipinski definition) is 1. The molecule has 0 aliphatic carbocycles. The van der Waals surface area contributed by atoms with Gasteiger partial charge in [-0.2, -0.15) is 4.39 Å². The van der Waals surface area contributed by atoms with E-state index in [0.717, 1.165) is 22.5 Å². The second-order valence-corrected chi connectivity index (χ2v) is 6.58. The highest BCUT2D eigenvalue weighted by Crippen LogP contribution is 2.18. The number of amides is 1. The van der Waals surface area contributed by atoms with Crippen molar-refractivity contribution in [2.75, 3.05) is 26.4 Å². The van der Waals surface area contributed by atoms with E-state index in [4.69, 9.17) is 0 Å². The fourth-order valence-electron chi connectivity index (χ4n) is 1.37. The first-order valence-corrected chi connectivity index (χ1v) is 7.38. The van der Waals surface area contributed by atoms with E-state index in [9.17, 15) is 27.7 Å². The van der Waals surface area contributed by atoms with Crippen molar-refractivity contribution in [1.82, 2.24) is 9.62 Å². The highest BCUT2D eigenvalue weighted by atomic mass is 32.2. The van der Waals surface area contributed by atoms with Gasteiger partial charge in [0.05, 0.1) is 10.7 Å². The van der Waals surface area contributed by atoms with Crippen LogP contribution in [0.25, 0.3) is 0 Å². The number of carbonyl (C=O) groups excluding carboxylic acids is 1. The van der Waals surface area contributed by atoms with E-state index >= 15 is 0 Å². The molecule has 116 valence electrons. The molecule has 21 heavy (non-hydrogen) atoms. The van der Waals surface area contributed by atoms with Gasteiger partial charge in [0, 0.05) is 32.3 Å². The summed E-state index contributed by atoms with van der Waals surface area (Å²) < 4.78 is 37.1. The lowest BCUT2D eigenvalue weighted by Crippen LogP contribution is -2.33. The molecule has 0 spiro atoms. The minimum Gasteiger partial charge on any atom is -0.351 e. The number of hydrogen-bond acceptors (Lipinski definition) is 5. The molecule has 0 radical (unpaired) electrons. The van der Waals surface area contributed by atoms with Gasteiger partial charge in [0.25, 0.3) is 5.91 Å². The van der Waals surface area contributed by atoms with Crippen molar-refractivity contribution >= 4 is 21.6 Å². The number of benzene rings is 1. The number of nitrogens with zero attached hydrogens (tertiary/aromatic N) is 2. The maximum Gasteiger partial charge on any atom is 0.305 e. The van der Waals surface area contributed by atoms with Gasteiger partial charge in [-0.05, 0) is 12.1 Å². The van der Waals surface area contributed by atoms with Crippen LogP contribution in [-0.2, 0) is 10.0 Å². The van der Waals surface area contributed by atoms with Crippen molar-refractivity contribution in [2.45, 2.75) is 0 Å². The summed E-state index contributed by atoms with van der Waals surface area (Å²) in [5, 5.41) is 12.9. The number of halogens is 1. The van der Waals surface area contributed by atoms with Crippen LogP contribution >= 0.6 is 0 Å². The van der Waals surface area contributed by atoms with E-state index in [2.05, 4.69) is 5.32 Å². The van der Waals surface area contributed by atoms with E-state index in [1.807, 2.05) is 0 Å². The molecule has 0 saturated carbocycles. The summed E-state index contributed by atoms with van der Waals surface area (Å²) in [6, 6.07) is 2.69. The third-order valence-corrected chi connectivity index (χ3v) is 4.44. The Morgan fingerprint density at radius 1 is 1.43 bits per heavy atom. The molecule has 1 N–H and O–H groups in total. The van der Waals surface area contributed by atoms with Crippen LogP contribution in [0.1, 0.15) is 10.4 Å². The van der Waals surface area contributed by atoms with Gasteiger partial charge in [0.15, 0.2) is 0 Å². The monoisotopic (exact) mass is 319 g/mol. The zero-order chi connectivity index (χ0) is 16.2. The minimum atomic E-state index is -3.45. The van der Waals surface area contributed by atoms with E-state index in [-0.39, 0.29) is 17.9 Å². The fourth-order valence-corrected chi connectivity index (χ4v) is 2.10. The zero-order valence-electron chi connectivity index (χ0n) is 11.4. The number of nitro benzene ring substituents is 1. The first-order chi connectivity index (χ1) is 9.65. The van der Waals surface area contributed by atoms with Gasteiger partial charge in [-0.25, -0.2) is 12.7 Å². The van der Waals surface area contributed by atoms with Crippen molar-refractivity contribution in [3.05, 3.63) is 39.7 Å². The van der Waals surface area contributed by atoms with Crippen molar-refractivity contribution < 1.29 is 22.5 Å². The largest absolute Gasteiger partial charge is 0.351 e. The van der Waals surface area contributed by atoms with Gasteiger partial charge in [-0.15, -0.1) is 0 Å². The molecule has 1 aromatic rings. The smallest absolute Gasteiger partial charge is 0.305 e. The van der Waals surface area contributed by atoms with Crippen LogP contribution in [0.5, 0.6) is 0 Å². The normalized spacial score (nSPS) is 11.4. The first kappa shape index (κ1) is 17.0. The molecule has 0 aromatic heterocycles. The van der Waals surface area contributed by atoms with Crippen LogP contribution in [0.4, 0.5) is 10.1 Å². The summed E-state index contributed by atoms with van der Waals surface area (Å²) in [6.07, 6.45) is 0. The zero-order valence-corrected chi connectivity index (χ0v) is 12.2.